The number of nitrogens with one attached hydrogen (secondary N) is 1. The van der Waals surface area contributed by atoms with Crippen LogP contribution in [0, 0.1) is 3.57 Å². The lowest BCUT2D eigenvalue weighted by Crippen LogP contribution is -2.27. The van der Waals surface area contributed by atoms with E-state index in [9.17, 15) is 0 Å². The van der Waals surface area contributed by atoms with Gasteiger partial charge in [0.2, 0.25) is 0 Å². The van der Waals surface area contributed by atoms with Crippen molar-refractivity contribution in [3.8, 4) is 0 Å². The van der Waals surface area contributed by atoms with Gasteiger partial charge < -0.3 is 10.1 Å². The van der Waals surface area contributed by atoms with Crippen molar-refractivity contribution in [2.75, 3.05) is 18.5 Å². The molecule has 0 atom stereocenters. The van der Waals surface area contributed by atoms with E-state index in [1.54, 1.807) is 0 Å². The summed E-state index contributed by atoms with van der Waals surface area (Å²) >= 11 is 5.86. The summed E-state index contributed by atoms with van der Waals surface area (Å²) in [6, 6.07) is 6.94. The molecule has 82 valence electrons. The van der Waals surface area contributed by atoms with Crippen LogP contribution in [0.1, 0.15) is 12.8 Å². The molecule has 1 aromatic carbocycles. The Kier molecular flexibility index (Phi) is 4.28. The molecule has 0 radical (unpaired) electrons. The first kappa shape index (κ1) is 11.7. The molecule has 1 saturated heterocycles. The van der Waals surface area contributed by atoms with Crippen LogP contribution >= 0.6 is 38.5 Å². The highest BCUT2D eigenvalue weighted by Gasteiger charge is 2.13. The molecular weight excluding hydrogens is 369 g/mol. The normalized spacial score (nSPS) is 17.7. The SMILES string of the molecule is Brc1cc(NC2CCOCC2)ccc1I. The van der Waals surface area contributed by atoms with Gasteiger partial charge in [-0.3, -0.25) is 0 Å². The number of anilines is 1. The lowest BCUT2D eigenvalue weighted by Gasteiger charge is -2.24. The van der Waals surface area contributed by atoms with Crippen LogP contribution in [-0.2, 0) is 4.74 Å². The molecule has 2 nitrogen and oxygen atoms in total. The predicted octanol–water partition coefficient (Wildman–Crippen LogP) is 3.64. The van der Waals surface area contributed by atoms with Crippen LogP contribution in [0.4, 0.5) is 5.69 Å². The number of hydrogen-bond acceptors (Lipinski definition) is 2. The Morgan fingerprint density at radius 2 is 2.07 bits per heavy atom. The van der Waals surface area contributed by atoms with Gasteiger partial charge in [-0.25, -0.2) is 0 Å². The summed E-state index contributed by atoms with van der Waals surface area (Å²) in [5, 5.41) is 3.54. The molecule has 0 amide bonds. The second kappa shape index (κ2) is 5.50. The molecule has 1 aliphatic rings. The van der Waals surface area contributed by atoms with Crippen LogP contribution in [0.5, 0.6) is 0 Å². The quantitative estimate of drug-likeness (QED) is 0.789. The Bertz CT molecular complexity index is 339. The number of hydrogen-bond donors (Lipinski definition) is 1. The van der Waals surface area contributed by atoms with Crippen LogP contribution in [0.2, 0.25) is 0 Å². The molecular formula is C11H13BrINO. The molecule has 1 aliphatic heterocycles. The van der Waals surface area contributed by atoms with Crippen molar-refractivity contribution in [1.82, 2.24) is 0 Å². The van der Waals surface area contributed by atoms with E-state index < -0.39 is 0 Å². The minimum Gasteiger partial charge on any atom is -0.382 e. The van der Waals surface area contributed by atoms with Gasteiger partial charge in [-0.1, -0.05) is 0 Å². The molecule has 0 saturated carbocycles. The van der Waals surface area contributed by atoms with Gasteiger partial charge in [0.1, 0.15) is 0 Å². The molecule has 1 N–H and O–H groups in total. The highest BCUT2D eigenvalue weighted by molar-refractivity contribution is 14.1. The number of rotatable bonds is 2. The molecule has 2 rings (SSSR count). The van der Waals surface area contributed by atoms with Gasteiger partial charge >= 0.3 is 0 Å². The summed E-state index contributed by atoms with van der Waals surface area (Å²) in [6.07, 6.45) is 2.20. The molecule has 15 heavy (non-hydrogen) atoms. The summed E-state index contributed by atoms with van der Waals surface area (Å²) < 4.78 is 7.72. The van der Waals surface area contributed by atoms with E-state index in [-0.39, 0.29) is 0 Å². The Morgan fingerprint density at radius 3 is 2.73 bits per heavy atom. The zero-order chi connectivity index (χ0) is 10.7. The fourth-order valence-corrected chi connectivity index (χ4v) is 2.38. The molecule has 0 unspecified atom stereocenters. The smallest absolute Gasteiger partial charge is 0.0485 e. The summed E-state index contributed by atoms with van der Waals surface area (Å²) in [6.45, 7) is 1.76. The molecule has 0 bridgehead atoms. The van der Waals surface area contributed by atoms with Gasteiger partial charge in [0, 0.05) is 33.0 Å². The van der Waals surface area contributed by atoms with Crippen LogP contribution < -0.4 is 5.32 Å². The molecule has 1 aromatic rings. The van der Waals surface area contributed by atoms with E-state index >= 15 is 0 Å². The molecule has 0 aliphatic carbocycles. The first-order valence-corrected chi connectivity index (χ1v) is 6.92. The van der Waals surface area contributed by atoms with Gasteiger partial charge in [-0.05, 0) is 69.6 Å². The topological polar surface area (TPSA) is 21.3 Å². The highest BCUT2D eigenvalue weighted by atomic mass is 127. The Hall–Kier alpha value is 0.190. The average Bonchev–Trinajstić information content (AvgIpc) is 2.25. The third-order valence-electron chi connectivity index (χ3n) is 2.51. The summed E-state index contributed by atoms with van der Waals surface area (Å²) in [5.74, 6) is 0. The van der Waals surface area contributed by atoms with Crippen LogP contribution in [0.25, 0.3) is 0 Å². The van der Waals surface area contributed by atoms with Crippen molar-refractivity contribution in [3.05, 3.63) is 26.2 Å². The Balaban J connectivity index is 2.00. The van der Waals surface area contributed by atoms with Crippen molar-refractivity contribution < 1.29 is 4.74 Å². The van der Waals surface area contributed by atoms with E-state index in [2.05, 4.69) is 62.0 Å². The monoisotopic (exact) mass is 381 g/mol. The van der Waals surface area contributed by atoms with Crippen molar-refractivity contribution in [1.29, 1.82) is 0 Å². The maximum atomic E-state index is 5.33. The summed E-state index contributed by atoms with van der Waals surface area (Å²) in [7, 11) is 0. The zero-order valence-electron chi connectivity index (χ0n) is 8.30. The van der Waals surface area contributed by atoms with E-state index in [4.69, 9.17) is 4.74 Å². The van der Waals surface area contributed by atoms with Gasteiger partial charge in [0.15, 0.2) is 0 Å². The molecule has 1 heterocycles. The molecule has 0 spiro atoms. The van der Waals surface area contributed by atoms with Crippen LogP contribution in [0.15, 0.2) is 22.7 Å². The Morgan fingerprint density at radius 1 is 1.33 bits per heavy atom. The molecule has 0 aromatic heterocycles. The highest BCUT2D eigenvalue weighted by Crippen LogP contribution is 2.24. The number of halogens is 2. The van der Waals surface area contributed by atoms with Crippen LogP contribution in [-0.4, -0.2) is 19.3 Å². The fraction of sp³-hybridized carbons (Fsp3) is 0.455. The van der Waals surface area contributed by atoms with E-state index in [0.29, 0.717) is 6.04 Å². The maximum Gasteiger partial charge on any atom is 0.0485 e. The van der Waals surface area contributed by atoms with E-state index in [1.807, 2.05) is 0 Å². The second-order valence-electron chi connectivity index (χ2n) is 3.66. The zero-order valence-corrected chi connectivity index (χ0v) is 12.0. The van der Waals surface area contributed by atoms with Crippen molar-refractivity contribution in [3.63, 3.8) is 0 Å². The Labute approximate surface area is 112 Å². The van der Waals surface area contributed by atoms with E-state index in [1.165, 1.54) is 9.26 Å². The lowest BCUT2D eigenvalue weighted by molar-refractivity contribution is 0.0904. The second-order valence-corrected chi connectivity index (χ2v) is 5.68. The third-order valence-corrected chi connectivity index (χ3v) is 4.85. The third kappa shape index (κ3) is 3.32. The lowest BCUT2D eigenvalue weighted by atomic mass is 10.1. The minimum atomic E-state index is 0.561. The van der Waals surface area contributed by atoms with Gasteiger partial charge in [-0.15, -0.1) is 0 Å². The maximum absolute atomic E-state index is 5.33. The van der Waals surface area contributed by atoms with Crippen molar-refractivity contribution >= 4 is 44.2 Å². The van der Waals surface area contributed by atoms with Crippen molar-refractivity contribution in [2.45, 2.75) is 18.9 Å². The van der Waals surface area contributed by atoms with Crippen molar-refractivity contribution in [2.24, 2.45) is 0 Å². The largest absolute Gasteiger partial charge is 0.382 e. The number of ether oxygens (including phenoxy) is 1. The first-order valence-electron chi connectivity index (χ1n) is 5.05. The van der Waals surface area contributed by atoms with Crippen LogP contribution in [0.3, 0.4) is 0 Å². The average molecular weight is 382 g/mol. The standard InChI is InChI=1S/C11H13BrINO/c12-10-7-9(1-2-11(10)13)14-8-3-5-15-6-4-8/h1-2,7-8,14H,3-6H2. The number of benzene rings is 1. The van der Waals surface area contributed by atoms with Gasteiger partial charge in [0.05, 0.1) is 0 Å². The summed E-state index contributed by atoms with van der Waals surface area (Å²) in [5.41, 5.74) is 1.19. The van der Waals surface area contributed by atoms with Gasteiger partial charge in [0.25, 0.3) is 0 Å². The fourth-order valence-electron chi connectivity index (χ4n) is 1.66. The molecule has 1 fully saturated rings. The summed E-state index contributed by atoms with van der Waals surface area (Å²) in [4.78, 5) is 0. The van der Waals surface area contributed by atoms with Gasteiger partial charge in [-0.2, -0.15) is 0 Å². The first-order chi connectivity index (χ1) is 7.25. The van der Waals surface area contributed by atoms with E-state index in [0.717, 1.165) is 30.5 Å². The predicted molar refractivity (Wildman–Crippen MR) is 74.3 cm³/mol. The minimum absolute atomic E-state index is 0.561. The molecule has 4 heteroatoms.